The van der Waals surface area contributed by atoms with E-state index in [0.29, 0.717) is 19.5 Å². The number of carbonyl (C=O) groups excluding carboxylic acids is 3. The highest BCUT2D eigenvalue weighted by Crippen LogP contribution is 2.29. The number of nitrogens with zero attached hydrogens (tertiary/aromatic N) is 2. The van der Waals surface area contributed by atoms with Crippen molar-refractivity contribution in [1.82, 2.24) is 15.1 Å². The lowest BCUT2D eigenvalue weighted by Crippen LogP contribution is -2.56. The first kappa shape index (κ1) is 38.5. The second-order valence-electron chi connectivity index (χ2n) is 12.0. The highest BCUT2D eigenvalue weighted by atomic mass is 16.5. The predicted octanol–water partition coefficient (Wildman–Crippen LogP) is 4.47. The Hall–Kier alpha value is -2.49. The summed E-state index contributed by atoms with van der Waals surface area (Å²) in [4.78, 5) is 43.9. The molecule has 1 aliphatic heterocycles. The van der Waals surface area contributed by atoms with E-state index in [0.717, 1.165) is 31.3 Å². The van der Waals surface area contributed by atoms with Crippen molar-refractivity contribution in [1.29, 1.82) is 0 Å². The highest BCUT2D eigenvalue weighted by Gasteiger charge is 2.42. The van der Waals surface area contributed by atoms with Gasteiger partial charge in [-0.2, -0.15) is 0 Å². The Labute approximate surface area is 261 Å². The zero-order chi connectivity index (χ0) is 32.7. The molecule has 6 unspecified atom stereocenters. The fourth-order valence-electron chi connectivity index (χ4n) is 6.12. The molecule has 0 saturated carbocycles. The first-order valence-electron chi connectivity index (χ1n) is 16.0. The molecule has 43 heavy (non-hydrogen) atoms. The third-order valence-electron chi connectivity index (χ3n) is 9.23. The standard InChI is InChI=1S/C34H60N4O5/c1-11-16-26(17-12-2)19-20-36-33(40)25(7)32(43-10)27-18-15-21-38(27)29(39)22-28(42-9)31(24(6)14-4)37(8)34(41)30(35)23(5)13-3/h11-12,16-17,23-25,27-28,30-32H,1,13-15,18-22,35H2,2-10H3,(H,36,40)/b17-12-,26-16+/t23-,24?,25?,27?,28?,30-,31?,32?/m0/s1. The molecule has 9 nitrogen and oxygen atoms in total. The summed E-state index contributed by atoms with van der Waals surface area (Å²) < 4.78 is 11.8. The number of allylic oxidation sites excluding steroid dienone is 4. The molecule has 0 radical (unpaired) electrons. The van der Waals surface area contributed by atoms with Crippen molar-refractivity contribution in [2.75, 3.05) is 34.4 Å². The molecule has 1 heterocycles. The van der Waals surface area contributed by atoms with E-state index in [1.54, 1.807) is 32.2 Å². The van der Waals surface area contributed by atoms with Crippen LogP contribution >= 0.6 is 0 Å². The Morgan fingerprint density at radius 2 is 1.77 bits per heavy atom. The van der Waals surface area contributed by atoms with Gasteiger partial charge in [-0.15, -0.1) is 0 Å². The molecule has 1 fully saturated rings. The molecule has 0 aromatic heterocycles. The van der Waals surface area contributed by atoms with Crippen LogP contribution in [0.25, 0.3) is 0 Å². The van der Waals surface area contributed by atoms with Gasteiger partial charge in [0.1, 0.15) is 0 Å². The summed E-state index contributed by atoms with van der Waals surface area (Å²) >= 11 is 0. The molecule has 1 rings (SSSR count). The van der Waals surface area contributed by atoms with Crippen molar-refractivity contribution in [3.63, 3.8) is 0 Å². The van der Waals surface area contributed by atoms with E-state index in [2.05, 4.69) is 25.7 Å². The molecule has 0 bridgehead atoms. The van der Waals surface area contributed by atoms with E-state index in [1.807, 2.05) is 50.8 Å². The number of hydrogen-bond donors (Lipinski definition) is 2. The van der Waals surface area contributed by atoms with Gasteiger partial charge in [0.25, 0.3) is 0 Å². The van der Waals surface area contributed by atoms with Crippen LogP contribution in [0.4, 0.5) is 0 Å². The lowest BCUT2D eigenvalue weighted by Gasteiger charge is -2.40. The zero-order valence-corrected chi connectivity index (χ0v) is 28.3. The maximum Gasteiger partial charge on any atom is 0.239 e. The van der Waals surface area contributed by atoms with Crippen LogP contribution in [-0.4, -0.2) is 92.2 Å². The molecule has 8 atom stereocenters. The molecule has 3 amide bonds. The van der Waals surface area contributed by atoms with E-state index in [1.165, 1.54) is 0 Å². The van der Waals surface area contributed by atoms with Gasteiger partial charge >= 0.3 is 0 Å². The first-order chi connectivity index (χ1) is 20.4. The number of rotatable bonds is 19. The number of likely N-dealkylation sites (N-methyl/N-ethyl adjacent to an activating group) is 1. The third kappa shape index (κ3) is 10.9. The summed E-state index contributed by atoms with van der Waals surface area (Å²) in [7, 11) is 4.97. The largest absolute Gasteiger partial charge is 0.379 e. The quantitative estimate of drug-likeness (QED) is 0.210. The lowest BCUT2D eigenvalue weighted by molar-refractivity contribution is -0.146. The van der Waals surface area contributed by atoms with Gasteiger partial charge in [-0.25, -0.2) is 0 Å². The second kappa shape index (κ2) is 19.7. The Kier molecular flexibility index (Phi) is 17.7. The van der Waals surface area contributed by atoms with Gasteiger partial charge in [-0.05, 0) is 43.6 Å². The van der Waals surface area contributed by atoms with Crippen molar-refractivity contribution in [3.8, 4) is 0 Å². The Morgan fingerprint density at radius 1 is 1.12 bits per heavy atom. The number of hydrogen-bond acceptors (Lipinski definition) is 6. The number of likely N-dealkylation sites (tertiary alicyclic amines) is 1. The minimum Gasteiger partial charge on any atom is -0.379 e. The average molecular weight is 605 g/mol. The topological polar surface area (TPSA) is 114 Å². The number of nitrogens with two attached hydrogens (primary N) is 1. The number of carbonyl (C=O) groups is 3. The summed E-state index contributed by atoms with van der Waals surface area (Å²) in [5, 5.41) is 3.03. The van der Waals surface area contributed by atoms with Crippen molar-refractivity contribution in [2.45, 2.75) is 110 Å². The van der Waals surface area contributed by atoms with Crippen LogP contribution in [0, 0.1) is 17.8 Å². The van der Waals surface area contributed by atoms with Gasteiger partial charge in [0.2, 0.25) is 17.7 Å². The van der Waals surface area contributed by atoms with Crippen LogP contribution in [0.2, 0.25) is 0 Å². The molecular weight excluding hydrogens is 544 g/mol. The van der Waals surface area contributed by atoms with Gasteiger partial charge < -0.3 is 30.3 Å². The zero-order valence-electron chi connectivity index (χ0n) is 28.3. The van der Waals surface area contributed by atoms with Gasteiger partial charge in [-0.3, -0.25) is 14.4 Å². The first-order valence-corrected chi connectivity index (χ1v) is 16.0. The fraction of sp³-hybridized carbons (Fsp3) is 0.735. The monoisotopic (exact) mass is 604 g/mol. The highest BCUT2D eigenvalue weighted by molar-refractivity contribution is 5.83. The van der Waals surface area contributed by atoms with Crippen molar-refractivity contribution >= 4 is 17.7 Å². The molecule has 1 aliphatic rings. The van der Waals surface area contributed by atoms with Crippen LogP contribution in [-0.2, 0) is 23.9 Å². The molecule has 0 aliphatic carbocycles. The molecule has 9 heteroatoms. The van der Waals surface area contributed by atoms with Crippen LogP contribution in [0.3, 0.4) is 0 Å². The minimum atomic E-state index is -0.611. The van der Waals surface area contributed by atoms with E-state index in [4.69, 9.17) is 15.2 Å². The van der Waals surface area contributed by atoms with Gasteiger partial charge in [0, 0.05) is 34.4 Å². The molecule has 0 spiro atoms. The summed E-state index contributed by atoms with van der Waals surface area (Å²) in [6.45, 7) is 16.8. The normalized spacial score (nSPS) is 20.7. The fourth-order valence-corrected chi connectivity index (χ4v) is 6.12. The van der Waals surface area contributed by atoms with Gasteiger partial charge in [0.05, 0.1) is 42.7 Å². The Morgan fingerprint density at radius 3 is 2.30 bits per heavy atom. The Bertz CT molecular complexity index is 951. The number of amides is 3. The lowest BCUT2D eigenvalue weighted by atomic mass is 9.89. The summed E-state index contributed by atoms with van der Waals surface area (Å²) in [6.07, 6.45) is 10.7. The molecular formula is C34H60N4O5. The van der Waals surface area contributed by atoms with E-state index in [-0.39, 0.29) is 48.1 Å². The van der Waals surface area contributed by atoms with E-state index < -0.39 is 24.2 Å². The maximum atomic E-state index is 13.8. The summed E-state index contributed by atoms with van der Waals surface area (Å²) in [6, 6.07) is -1.15. The van der Waals surface area contributed by atoms with Crippen LogP contribution in [0.1, 0.15) is 80.1 Å². The minimum absolute atomic E-state index is 0.0459. The number of nitrogens with one attached hydrogen (secondary N) is 1. The molecule has 1 saturated heterocycles. The predicted molar refractivity (Wildman–Crippen MR) is 174 cm³/mol. The van der Waals surface area contributed by atoms with E-state index in [9.17, 15) is 14.4 Å². The van der Waals surface area contributed by atoms with Crippen LogP contribution in [0.15, 0.2) is 36.5 Å². The SMILES string of the molecule is C=C/C=C(\C=C/C)CCNC(=O)C(C)C(OC)C1CCCN1C(=O)CC(OC)C(C(C)CC)N(C)C(=O)[C@@H](N)[C@@H](C)CC. The molecule has 246 valence electrons. The summed E-state index contributed by atoms with van der Waals surface area (Å²) in [5.41, 5.74) is 7.40. The second-order valence-corrected chi connectivity index (χ2v) is 12.0. The maximum absolute atomic E-state index is 13.8. The van der Waals surface area contributed by atoms with E-state index >= 15 is 0 Å². The van der Waals surface area contributed by atoms with Crippen LogP contribution in [0.5, 0.6) is 0 Å². The number of ether oxygens (including phenoxy) is 2. The summed E-state index contributed by atoms with van der Waals surface area (Å²) in [5.74, 6) is -0.608. The smallest absolute Gasteiger partial charge is 0.239 e. The molecule has 0 aromatic carbocycles. The average Bonchev–Trinajstić information content (AvgIpc) is 3.49. The molecule has 3 N–H and O–H groups in total. The van der Waals surface area contributed by atoms with Gasteiger partial charge in [-0.1, -0.05) is 78.3 Å². The third-order valence-corrected chi connectivity index (χ3v) is 9.23. The van der Waals surface area contributed by atoms with Crippen molar-refractivity contribution in [3.05, 3.63) is 36.5 Å². The van der Waals surface area contributed by atoms with Crippen LogP contribution < -0.4 is 11.1 Å². The van der Waals surface area contributed by atoms with Crippen molar-refractivity contribution in [2.24, 2.45) is 23.5 Å². The number of methoxy groups -OCH3 is 2. The van der Waals surface area contributed by atoms with Crippen molar-refractivity contribution < 1.29 is 23.9 Å². The Balaban J connectivity index is 3.05. The van der Waals surface area contributed by atoms with Gasteiger partial charge in [0.15, 0.2) is 0 Å². The molecule has 0 aromatic rings.